The molecular formula is C15H21ClN2O3S2. The van der Waals surface area contributed by atoms with E-state index in [0.29, 0.717) is 27.7 Å². The Bertz CT molecular complexity index is 677. The summed E-state index contributed by atoms with van der Waals surface area (Å²) in [6.07, 6.45) is 3.60. The number of amides is 1. The van der Waals surface area contributed by atoms with Gasteiger partial charge in [-0.1, -0.05) is 18.5 Å². The highest BCUT2D eigenvalue weighted by Gasteiger charge is 2.35. The molecule has 0 radical (unpaired) electrons. The minimum Gasteiger partial charge on any atom is -0.353 e. The maximum absolute atomic E-state index is 12.6. The van der Waals surface area contributed by atoms with Gasteiger partial charge in [-0.15, -0.1) is 11.3 Å². The molecule has 1 saturated heterocycles. The molecule has 5 nitrogen and oxygen atoms in total. The third-order valence-corrected chi connectivity index (χ3v) is 8.28. The number of carbonyl (C=O) groups excluding carboxylic acids is 1. The van der Waals surface area contributed by atoms with Crippen LogP contribution < -0.4 is 5.32 Å². The Hall–Kier alpha value is -0.630. The van der Waals surface area contributed by atoms with E-state index in [-0.39, 0.29) is 17.7 Å². The van der Waals surface area contributed by atoms with Gasteiger partial charge in [-0.3, -0.25) is 4.79 Å². The smallest absolute Gasteiger partial charge is 0.252 e. The van der Waals surface area contributed by atoms with Crippen LogP contribution in [0.15, 0.2) is 16.3 Å². The fourth-order valence-corrected chi connectivity index (χ4v) is 6.06. The van der Waals surface area contributed by atoms with Crippen LogP contribution in [0.4, 0.5) is 0 Å². The van der Waals surface area contributed by atoms with Crippen molar-refractivity contribution in [2.24, 2.45) is 11.8 Å². The Morgan fingerprint density at radius 2 is 1.96 bits per heavy atom. The Morgan fingerprint density at radius 1 is 1.30 bits per heavy atom. The van der Waals surface area contributed by atoms with Crippen LogP contribution in [0.1, 0.15) is 32.6 Å². The fraction of sp³-hybridized carbons (Fsp3) is 0.667. The SMILES string of the molecule is CC(C(=O)NC1CC1)C1CCN(S(=O)(=O)c2ccc(Cl)s2)CC1. The highest BCUT2D eigenvalue weighted by atomic mass is 35.5. The lowest BCUT2D eigenvalue weighted by Gasteiger charge is -2.33. The first-order valence-corrected chi connectivity index (χ1v) is 10.6. The van der Waals surface area contributed by atoms with E-state index in [1.165, 1.54) is 4.31 Å². The molecule has 0 aromatic carbocycles. The number of sulfonamides is 1. The average Bonchev–Trinajstić information content (AvgIpc) is 3.23. The summed E-state index contributed by atoms with van der Waals surface area (Å²) in [7, 11) is -3.45. The van der Waals surface area contributed by atoms with Crippen LogP contribution in [0.2, 0.25) is 4.34 Å². The number of carbonyl (C=O) groups is 1. The minimum atomic E-state index is -3.45. The Labute approximate surface area is 146 Å². The molecule has 1 aliphatic heterocycles. The van der Waals surface area contributed by atoms with Gasteiger partial charge in [0.2, 0.25) is 5.91 Å². The topological polar surface area (TPSA) is 66.5 Å². The second-order valence-corrected chi connectivity index (χ2v) is 10.3. The summed E-state index contributed by atoms with van der Waals surface area (Å²) >= 11 is 6.93. The second-order valence-electron chi connectivity index (χ2n) is 6.37. The van der Waals surface area contributed by atoms with Crippen LogP contribution in [0.5, 0.6) is 0 Å². The molecule has 128 valence electrons. The predicted octanol–water partition coefficient (Wildman–Crippen LogP) is 2.72. The number of halogens is 1. The molecule has 2 heterocycles. The Morgan fingerprint density at radius 3 is 2.48 bits per heavy atom. The summed E-state index contributed by atoms with van der Waals surface area (Å²) in [5.74, 6) is 0.294. The van der Waals surface area contributed by atoms with E-state index >= 15 is 0 Å². The lowest BCUT2D eigenvalue weighted by Crippen LogP contribution is -2.42. The number of nitrogens with zero attached hydrogens (tertiary/aromatic N) is 1. The van der Waals surface area contributed by atoms with E-state index in [9.17, 15) is 13.2 Å². The molecule has 1 unspecified atom stereocenters. The number of hydrogen-bond donors (Lipinski definition) is 1. The summed E-state index contributed by atoms with van der Waals surface area (Å²) in [6, 6.07) is 3.53. The number of hydrogen-bond acceptors (Lipinski definition) is 4. The molecule has 23 heavy (non-hydrogen) atoms. The van der Waals surface area contributed by atoms with E-state index in [0.717, 1.165) is 37.0 Å². The molecule has 2 aliphatic rings. The van der Waals surface area contributed by atoms with Crippen LogP contribution in [0, 0.1) is 11.8 Å². The quantitative estimate of drug-likeness (QED) is 0.859. The number of piperidine rings is 1. The third kappa shape index (κ3) is 3.90. The normalized spacial score (nSPS) is 22.0. The van der Waals surface area contributed by atoms with E-state index in [1.807, 2.05) is 6.92 Å². The van der Waals surface area contributed by atoms with Crippen molar-refractivity contribution >= 4 is 38.9 Å². The van der Waals surface area contributed by atoms with Crippen molar-refractivity contribution in [1.29, 1.82) is 0 Å². The van der Waals surface area contributed by atoms with Gasteiger partial charge >= 0.3 is 0 Å². The molecule has 0 spiro atoms. The van der Waals surface area contributed by atoms with Gasteiger partial charge in [0.05, 0.1) is 4.34 Å². The van der Waals surface area contributed by atoms with Gasteiger partial charge in [-0.25, -0.2) is 8.42 Å². The molecular weight excluding hydrogens is 356 g/mol. The predicted molar refractivity (Wildman–Crippen MR) is 91.1 cm³/mol. The zero-order valence-electron chi connectivity index (χ0n) is 13.0. The van der Waals surface area contributed by atoms with Gasteiger partial charge in [0.1, 0.15) is 4.21 Å². The molecule has 0 bridgehead atoms. The van der Waals surface area contributed by atoms with Crippen molar-refractivity contribution < 1.29 is 13.2 Å². The summed E-state index contributed by atoms with van der Waals surface area (Å²) in [5.41, 5.74) is 0. The molecule has 1 saturated carbocycles. The summed E-state index contributed by atoms with van der Waals surface area (Å²) in [5, 5.41) is 3.04. The summed E-state index contributed by atoms with van der Waals surface area (Å²) in [4.78, 5) is 12.1. The molecule has 2 fully saturated rings. The Kier molecular flexibility index (Phi) is 5.01. The van der Waals surface area contributed by atoms with Crippen molar-refractivity contribution in [2.75, 3.05) is 13.1 Å². The van der Waals surface area contributed by atoms with Crippen LogP contribution in [-0.2, 0) is 14.8 Å². The van der Waals surface area contributed by atoms with Crippen LogP contribution in [-0.4, -0.2) is 37.8 Å². The van der Waals surface area contributed by atoms with E-state index in [4.69, 9.17) is 11.6 Å². The van der Waals surface area contributed by atoms with Crippen molar-refractivity contribution in [2.45, 2.75) is 42.9 Å². The van der Waals surface area contributed by atoms with E-state index < -0.39 is 10.0 Å². The van der Waals surface area contributed by atoms with Gasteiger partial charge in [-0.2, -0.15) is 4.31 Å². The molecule has 1 N–H and O–H groups in total. The fourth-order valence-electron chi connectivity index (χ4n) is 2.95. The molecule has 8 heteroatoms. The van der Waals surface area contributed by atoms with Crippen LogP contribution >= 0.6 is 22.9 Å². The number of rotatable bonds is 5. The second kappa shape index (κ2) is 6.70. The van der Waals surface area contributed by atoms with E-state index in [2.05, 4.69) is 5.32 Å². The summed E-state index contributed by atoms with van der Waals surface area (Å²) < 4.78 is 27.4. The zero-order valence-corrected chi connectivity index (χ0v) is 15.4. The molecule has 1 atom stereocenters. The van der Waals surface area contributed by atoms with Crippen molar-refractivity contribution in [3.63, 3.8) is 0 Å². The zero-order chi connectivity index (χ0) is 16.6. The monoisotopic (exact) mass is 376 g/mol. The maximum atomic E-state index is 12.6. The molecule has 1 aliphatic carbocycles. The first kappa shape index (κ1) is 17.2. The van der Waals surface area contributed by atoms with Gasteiger partial charge in [0.25, 0.3) is 10.0 Å². The number of nitrogens with one attached hydrogen (secondary N) is 1. The third-order valence-electron chi connectivity index (χ3n) is 4.69. The standard InChI is InChI=1S/C15H21ClN2O3S2/c1-10(15(19)17-12-2-3-12)11-6-8-18(9-7-11)23(20,21)14-5-4-13(16)22-14/h4-5,10-12H,2-3,6-9H2,1H3,(H,17,19). The van der Waals surface area contributed by atoms with Gasteiger partial charge in [0.15, 0.2) is 0 Å². The lowest BCUT2D eigenvalue weighted by molar-refractivity contribution is -0.126. The highest BCUT2D eigenvalue weighted by Crippen LogP contribution is 2.32. The van der Waals surface area contributed by atoms with Gasteiger partial charge in [0, 0.05) is 25.0 Å². The van der Waals surface area contributed by atoms with Crippen molar-refractivity contribution in [3.8, 4) is 0 Å². The minimum absolute atomic E-state index is 0.0587. The van der Waals surface area contributed by atoms with Crippen molar-refractivity contribution in [3.05, 3.63) is 16.5 Å². The molecule has 3 rings (SSSR count). The Balaban J connectivity index is 1.58. The first-order chi connectivity index (χ1) is 10.9. The largest absolute Gasteiger partial charge is 0.353 e. The van der Waals surface area contributed by atoms with Crippen LogP contribution in [0.25, 0.3) is 0 Å². The van der Waals surface area contributed by atoms with Gasteiger partial charge < -0.3 is 5.32 Å². The van der Waals surface area contributed by atoms with Gasteiger partial charge in [-0.05, 0) is 43.7 Å². The van der Waals surface area contributed by atoms with E-state index in [1.54, 1.807) is 12.1 Å². The number of thiophene rings is 1. The maximum Gasteiger partial charge on any atom is 0.252 e. The molecule has 1 amide bonds. The molecule has 1 aromatic heterocycles. The molecule has 1 aromatic rings. The first-order valence-electron chi connectivity index (χ1n) is 7.94. The lowest BCUT2D eigenvalue weighted by atomic mass is 9.85. The average molecular weight is 377 g/mol. The van der Waals surface area contributed by atoms with Crippen molar-refractivity contribution in [1.82, 2.24) is 9.62 Å². The highest BCUT2D eigenvalue weighted by molar-refractivity contribution is 7.91. The summed E-state index contributed by atoms with van der Waals surface area (Å²) in [6.45, 7) is 2.87. The van der Waals surface area contributed by atoms with Crippen LogP contribution in [0.3, 0.4) is 0 Å².